The Morgan fingerprint density at radius 2 is 1.58 bits per heavy atom. The van der Waals surface area contributed by atoms with E-state index in [1.54, 1.807) is 0 Å². The third kappa shape index (κ3) is 5.44. The number of halogens is 2. The summed E-state index contributed by atoms with van der Waals surface area (Å²) in [6, 6.07) is 7.61. The maximum Gasteiger partial charge on any atom is 0.179 e. The third-order valence-corrected chi connectivity index (χ3v) is 4.69. The average molecular weight is 398 g/mol. The second-order valence-corrected chi connectivity index (χ2v) is 6.73. The molecule has 2 aromatic carbocycles. The Morgan fingerprint density at radius 3 is 2.19 bits per heavy atom. The summed E-state index contributed by atoms with van der Waals surface area (Å²) in [5.74, 6) is 1.92. The van der Waals surface area contributed by atoms with Crippen LogP contribution < -0.4 is 19.9 Å². The highest BCUT2D eigenvalue weighted by Gasteiger charge is 2.13. The molecule has 0 radical (unpaired) electrons. The lowest BCUT2D eigenvalue weighted by atomic mass is 10.1. The second kappa shape index (κ2) is 9.91. The van der Waals surface area contributed by atoms with Crippen molar-refractivity contribution < 1.29 is 14.2 Å². The number of hydrogen-bond acceptors (Lipinski definition) is 4. The molecule has 0 aliphatic heterocycles. The lowest BCUT2D eigenvalue weighted by molar-refractivity contribution is 0.208. The second-order valence-electron chi connectivity index (χ2n) is 5.94. The number of ether oxygens (including phenoxy) is 3. The first kappa shape index (κ1) is 20.7. The van der Waals surface area contributed by atoms with E-state index >= 15 is 0 Å². The van der Waals surface area contributed by atoms with Crippen LogP contribution in [0.1, 0.15) is 23.6 Å². The molecule has 0 saturated carbocycles. The van der Waals surface area contributed by atoms with Gasteiger partial charge in [-0.05, 0) is 74.7 Å². The fourth-order valence-electron chi connectivity index (χ4n) is 2.63. The van der Waals surface area contributed by atoms with Crippen LogP contribution in [0.2, 0.25) is 10.0 Å². The van der Waals surface area contributed by atoms with Crippen molar-refractivity contribution >= 4 is 23.2 Å². The predicted octanol–water partition coefficient (Wildman–Crippen LogP) is 4.97. The van der Waals surface area contributed by atoms with E-state index in [0.717, 1.165) is 33.9 Å². The van der Waals surface area contributed by atoms with Crippen molar-refractivity contribution in [3.63, 3.8) is 0 Å². The van der Waals surface area contributed by atoms with Crippen molar-refractivity contribution in [2.45, 2.75) is 27.2 Å². The standard InChI is InChI=1S/C20H25Cl2NO3/c1-4-24-18-12-15(5-6-23)11-17(21)20(18)26-8-7-25-16-9-13(2)19(22)14(3)10-16/h9-12H,4-8,23H2,1-3H3. The third-order valence-electron chi connectivity index (χ3n) is 3.81. The van der Waals surface area contributed by atoms with Gasteiger partial charge in [0.1, 0.15) is 19.0 Å². The van der Waals surface area contributed by atoms with E-state index in [-0.39, 0.29) is 0 Å². The quantitative estimate of drug-likeness (QED) is 0.606. The highest BCUT2D eigenvalue weighted by molar-refractivity contribution is 6.32. The summed E-state index contributed by atoms with van der Waals surface area (Å²) >= 11 is 12.5. The van der Waals surface area contributed by atoms with Crippen molar-refractivity contribution in [1.82, 2.24) is 0 Å². The van der Waals surface area contributed by atoms with Gasteiger partial charge in [0.15, 0.2) is 11.5 Å². The summed E-state index contributed by atoms with van der Waals surface area (Å²) in [5, 5.41) is 1.27. The van der Waals surface area contributed by atoms with Crippen molar-refractivity contribution in [1.29, 1.82) is 0 Å². The lowest BCUT2D eigenvalue weighted by Gasteiger charge is -2.16. The van der Waals surface area contributed by atoms with Crippen molar-refractivity contribution in [2.75, 3.05) is 26.4 Å². The minimum Gasteiger partial charge on any atom is -0.490 e. The molecule has 0 bridgehead atoms. The highest BCUT2D eigenvalue weighted by atomic mass is 35.5. The van der Waals surface area contributed by atoms with Crippen LogP contribution >= 0.6 is 23.2 Å². The van der Waals surface area contributed by atoms with Gasteiger partial charge in [-0.15, -0.1) is 0 Å². The molecular formula is C20H25Cl2NO3. The van der Waals surface area contributed by atoms with Crippen LogP contribution in [-0.4, -0.2) is 26.4 Å². The van der Waals surface area contributed by atoms with Crippen LogP contribution in [0.3, 0.4) is 0 Å². The Balaban J connectivity index is 2.00. The van der Waals surface area contributed by atoms with Gasteiger partial charge in [0.05, 0.1) is 11.6 Å². The molecule has 4 nitrogen and oxygen atoms in total. The summed E-state index contributed by atoms with van der Waals surface area (Å²) in [4.78, 5) is 0. The van der Waals surface area contributed by atoms with Crippen molar-refractivity contribution in [2.24, 2.45) is 5.73 Å². The fourth-order valence-corrected chi connectivity index (χ4v) is 3.03. The number of aryl methyl sites for hydroxylation is 2. The van der Waals surface area contributed by atoms with E-state index in [1.165, 1.54) is 0 Å². The zero-order chi connectivity index (χ0) is 19.1. The van der Waals surface area contributed by atoms with Gasteiger partial charge in [-0.2, -0.15) is 0 Å². The van der Waals surface area contributed by atoms with E-state index in [1.807, 2.05) is 45.0 Å². The molecule has 0 heterocycles. The zero-order valence-electron chi connectivity index (χ0n) is 15.4. The molecule has 0 amide bonds. The minimum atomic E-state index is 0.344. The first-order valence-electron chi connectivity index (χ1n) is 8.63. The topological polar surface area (TPSA) is 53.7 Å². The molecular weight excluding hydrogens is 373 g/mol. The molecule has 26 heavy (non-hydrogen) atoms. The SMILES string of the molecule is CCOc1cc(CCN)cc(Cl)c1OCCOc1cc(C)c(Cl)c(C)c1. The van der Waals surface area contributed by atoms with Crippen molar-refractivity contribution in [3.05, 3.63) is 51.0 Å². The van der Waals surface area contributed by atoms with Gasteiger partial charge in [0.25, 0.3) is 0 Å². The van der Waals surface area contributed by atoms with Crippen molar-refractivity contribution in [3.8, 4) is 17.2 Å². The van der Waals surface area contributed by atoms with Crippen LogP contribution in [0.15, 0.2) is 24.3 Å². The van der Waals surface area contributed by atoms with Crippen LogP contribution in [-0.2, 0) is 6.42 Å². The number of nitrogens with two attached hydrogens (primary N) is 1. The van der Waals surface area contributed by atoms with E-state index in [0.29, 0.717) is 42.9 Å². The fraction of sp³-hybridized carbons (Fsp3) is 0.400. The van der Waals surface area contributed by atoms with Gasteiger partial charge >= 0.3 is 0 Å². The maximum atomic E-state index is 6.36. The molecule has 142 valence electrons. The van der Waals surface area contributed by atoms with Crippen LogP contribution in [0.5, 0.6) is 17.2 Å². The Morgan fingerprint density at radius 1 is 0.923 bits per heavy atom. The Labute approximate surface area is 165 Å². The van der Waals surface area contributed by atoms with E-state index in [4.69, 9.17) is 43.1 Å². The molecule has 2 aromatic rings. The summed E-state index contributed by atoms with van der Waals surface area (Å²) in [5.41, 5.74) is 8.61. The Bertz CT molecular complexity index is 727. The monoisotopic (exact) mass is 397 g/mol. The number of hydrogen-bond donors (Lipinski definition) is 1. The molecule has 2 rings (SSSR count). The van der Waals surface area contributed by atoms with Gasteiger partial charge in [0.2, 0.25) is 0 Å². The molecule has 0 aromatic heterocycles. The lowest BCUT2D eigenvalue weighted by Crippen LogP contribution is -2.11. The molecule has 0 atom stereocenters. The normalized spacial score (nSPS) is 10.7. The molecule has 2 N–H and O–H groups in total. The molecule has 0 spiro atoms. The first-order valence-corrected chi connectivity index (χ1v) is 9.39. The number of benzene rings is 2. The highest BCUT2D eigenvalue weighted by Crippen LogP contribution is 2.37. The van der Waals surface area contributed by atoms with Crippen LogP contribution in [0, 0.1) is 13.8 Å². The van der Waals surface area contributed by atoms with Gasteiger partial charge in [-0.3, -0.25) is 0 Å². The van der Waals surface area contributed by atoms with E-state index in [2.05, 4.69) is 0 Å². The smallest absolute Gasteiger partial charge is 0.179 e. The Kier molecular flexibility index (Phi) is 7.88. The zero-order valence-corrected chi connectivity index (χ0v) is 16.9. The first-order chi connectivity index (χ1) is 12.5. The van der Waals surface area contributed by atoms with Crippen LogP contribution in [0.25, 0.3) is 0 Å². The molecule has 0 aliphatic rings. The maximum absolute atomic E-state index is 6.36. The van der Waals surface area contributed by atoms with Gasteiger partial charge in [-0.25, -0.2) is 0 Å². The molecule has 0 unspecified atom stereocenters. The average Bonchev–Trinajstić information content (AvgIpc) is 2.58. The number of rotatable bonds is 9. The molecule has 0 fully saturated rings. The summed E-state index contributed by atoms with van der Waals surface area (Å²) in [7, 11) is 0. The van der Waals surface area contributed by atoms with Crippen LogP contribution in [0.4, 0.5) is 0 Å². The summed E-state index contributed by atoms with van der Waals surface area (Å²) in [6.45, 7) is 7.63. The van der Waals surface area contributed by atoms with Gasteiger partial charge < -0.3 is 19.9 Å². The van der Waals surface area contributed by atoms with Gasteiger partial charge in [-0.1, -0.05) is 23.2 Å². The minimum absolute atomic E-state index is 0.344. The summed E-state index contributed by atoms with van der Waals surface area (Å²) in [6.07, 6.45) is 0.735. The van der Waals surface area contributed by atoms with E-state index in [9.17, 15) is 0 Å². The predicted molar refractivity (Wildman–Crippen MR) is 107 cm³/mol. The van der Waals surface area contributed by atoms with Gasteiger partial charge in [0, 0.05) is 5.02 Å². The largest absolute Gasteiger partial charge is 0.490 e. The summed E-state index contributed by atoms with van der Waals surface area (Å²) < 4.78 is 17.2. The molecule has 6 heteroatoms. The molecule has 0 saturated heterocycles. The van der Waals surface area contributed by atoms with E-state index < -0.39 is 0 Å². The Hall–Kier alpha value is -1.62. The molecule has 0 aliphatic carbocycles.